The van der Waals surface area contributed by atoms with Gasteiger partial charge in [-0.1, -0.05) is 6.07 Å². The summed E-state index contributed by atoms with van der Waals surface area (Å²) in [5, 5.41) is 6.29. The summed E-state index contributed by atoms with van der Waals surface area (Å²) in [5.74, 6) is 1.49. The number of carbonyl (C=O) groups is 1. The minimum atomic E-state index is 0.0255. The van der Waals surface area contributed by atoms with E-state index in [2.05, 4.69) is 27.7 Å². The second-order valence-corrected chi connectivity index (χ2v) is 7.23. The quantitative estimate of drug-likeness (QED) is 0.601. The van der Waals surface area contributed by atoms with Crippen molar-refractivity contribution in [2.24, 2.45) is 0 Å². The van der Waals surface area contributed by atoms with Crippen LogP contribution in [0.15, 0.2) is 42.5 Å². The van der Waals surface area contributed by atoms with Gasteiger partial charge in [0.25, 0.3) is 0 Å². The van der Waals surface area contributed by atoms with Crippen LogP contribution in [0.4, 0.5) is 11.4 Å². The Kier molecular flexibility index (Phi) is 7.76. The monoisotopic (exact) mass is 397 g/mol. The molecule has 3 rings (SSSR count). The van der Waals surface area contributed by atoms with E-state index >= 15 is 0 Å². The third kappa shape index (κ3) is 6.12. The molecule has 0 aromatic heterocycles. The second kappa shape index (κ2) is 10.7. The van der Waals surface area contributed by atoms with Crippen molar-refractivity contribution in [1.29, 1.82) is 0 Å². The Labute approximate surface area is 173 Å². The number of benzene rings is 2. The predicted octanol–water partition coefficient (Wildman–Crippen LogP) is 3.46. The van der Waals surface area contributed by atoms with Gasteiger partial charge in [0.1, 0.15) is 0 Å². The summed E-state index contributed by atoms with van der Waals surface area (Å²) < 4.78 is 10.6. The number of hydrogen-bond donors (Lipinski definition) is 2. The Morgan fingerprint density at radius 1 is 0.966 bits per heavy atom. The number of amides is 1. The van der Waals surface area contributed by atoms with Crippen LogP contribution >= 0.6 is 0 Å². The van der Waals surface area contributed by atoms with E-state index in [1.807, 2.05) is 30.3 Å². The van der Waals surface area contributed by atoms with E-state index < -0.39 is 0 Å². The van der Waals surface area contributed by atoms with E-state index in [-0.39, 0.29) is 5.91 Å². The number of anilines is 2. The molecule has 156 valence electrons. The SMILES string of the molecule is COc1ccc(CCNCCC(=O)Nc2ccc(N3CCCC3)cc2)cc1OC. The molecule has 1 fully saturated rings. The molecule has 1 saturated heterocycles. The molecular weight excluding hydrogens is 366 g/mol. The van der Waals surface area contributed by atoms with E-state index in [4.69, 9.17) is 9.47 Å². The van der Waals surface area contributed by atoms with Gasteiger partial charge in [-0.15, -0.1) is 0 Å². The molecule has 29 heavy (non-hydrogen) atoms. The highest BCUT2D eigenvalue weighted by Gasteiger charge is 2.12. The molecule has 1 aliphatic rings. The van der Waals surface area contributed by atoms with Crippen LogP contribution in [0.1, 0.15) is 24.8 Å². The van der Waals surface area contributed by atoms with Crippen LogP contribution in [0, 0.1) is 0 Å². The molecule has 2 aromatic rings. The van der Waals surface area contributed by atoms with Gasteiger partial charge in [0.15, 0.2) is 11.5 Å². The molecule has 1 heterocycles. The molecule has 6 heteroatoms. The highest BCUT2D eigenvalue weighted by Crippen LogP contribution is 2.27. The highest BCUT2D eigenvalue weighted by atomic mass is 16.5. The van der Waals surface area contributed by atoms with Crippen molar-refractivity contribution < 1.29 is 14.3 Å². The third-order valence-electron chi connectivity index (χ3n) is 5.19. The average molecular weight is 398 g/mol. The van der Waals surface area contributed by atoms with Crippen molar-refractivity contribution >= 4 is 17.3 Å². The molecule has 0 spiro atoms. The van der Waals surface area contributed by atoms with Crippen molar-refractivity contribution in [3.8, 4) is 11.5 Å². The van der Waals surface area contributed by atoms with Gasteiger partial charge >= 0.3 is 0 Å². The predicted molar refractivity (Wildman–Crippen MR) is 117 cm³/mol. The topological polar surface area (TPSA) is 62.8 Å². The van der Waals surface area contributed by atoms with Gasteiger partial charge in [-0.05, 0) is 67.8 Å². The normalized spacial score (nSPS) is 13.4. The Bertz CT molecular complexity index is 786. The van der Waals surface area contributed by atoms with Crippen LogP contribution in [0.5, 0.6) is 11.5 Å². The van der Waals surface area contributed by atoms with E-state index in [0.717, 1.165) is 48.8 Å². The average Bonchev–Trinajstić information content (AvgIpc) is 3.28. The summed E-state index contributed by atoms with van der Waals surface area (Å²) >= 11 is 0. The van der Waals surface area contributed by atoms with E-state index in [1.165, 1.54) is 18.5 Å². The third-order valence-corrected chi connectivity index (χ3v) is 5.19. The number of methoxy groups -OCH3 is 2. The highest BCUT2D eigenvalue weighted by molar-refractivity contribution is 5.91. The Hall–Kier alpha value is -2.73. The van der Waals surface area contributed by atoms with Gasteiger partial charge < -0.3 is 25.0 Å². The standard InChI is InChI=1S/C23H31N3O3/c1-28-21-10-5-18(17-22(21)29-2)11-13-24-14-12-23(27)25-19-6-8-20(9-7-19)26-15-3-4-16-26/h5-10,17,24H,3-4,11-16H2,1-2H3,(H,25,27). The molecular formula is C23H31N3O3. The van der Waals surface area contributed by atoms with Gasteiger partial charge in [-0.2, -0.15) is 0 Å². The smallest absolute Gasteiger partial charge is 0.225 e. The number of nitrogens with zero attached hydrogens (tertiary/aromatic N) is 1. The van der Waals surface area contributed by atoms with Gasteiger partial charge in [0, 0.05) is 37.4 Å². The minimum absolute atomic E-state index is 0.0255. The minimum Gasteiger partial charge on any atom is -0.493 e. The van der Waals surface area contributed by atoms with Crippen LogP contribution in [0.25, 0.3) is 0 Å². The van der Waals surface area contributed by atoms with E-state index in [0.29, 0.717) is 13.0 Å². The van der Waals surface area contributed by atoms with E-state index in [1.54, 1.807) is 14.2 Å². The summed E-state index contributed by atoms with van der Waals surface area (Å²) in [6.07, 6.45) is 3.83. The molecule has 0 unspecified atom stereocenters. The Balaban J connectivity index is 1.34. The lowest BCUT2D eigenvalue weighted by molar-refractivity contribution is -0.116. The van der Waals surface area contributed by atoms with Crippen molar-refractivity contribution in [3.63, 3.8) is 0 Å². The largest absolute Gasteiger partial charge is 0.493 e. The maximum absolute atomic E-state index is 12.1. The summed E-state index contributed by atoms with van der Waals surface area (Å²) in [4.78, 5) is 14.5. The zero-order chi connectivity index (χ0) is 20.5. The number of carbonyl (C=O) groups excluding carboxylic acids is 1. The molecule has 0 bridgehead atoms. The molecule has 0 atom stereocenters. The maximum atomic E-state index is 12.1. The van der Waals surface area contributed by atoms with Crippen LogP contribution in [-0.4, -0.2) is 46.3 Å². The van der Waals surface area contributed by atoms with Crippen molar-refractivity contribution in [2.75, 3.05) is 50.6 Å². The van der Waals surface area contributed by atoms with Gasteiger partial charge in [-0.3, -0.25) is 4.79 Å². The van der Waals surface area contributed by atoms with Crippen LogP contribution in [0.2, 0.25) is 0 Å². The van der Waals surface area contributed by atoms with Gasteiger partial charge in [0.2, 0.25) is 5.91 Å². The van der Waals surface area contributed by atoms with E-state index in [9.17, 15) is 4.79 Å². The lowest BCUT2D eigenvalue weighted by Crippen LogP contribution is -2.23. The fourth-order valence-electron chi connectivity index (χ4n) is 3.55. The number of hydrogen-bond acceptors (Lipinski definition) is 5. The first-order valence-electron chi connectivity index (χ1n) is 10.3. The zero-order valence-corrected chi connectivity index (χ0v) is 17.4. The first kappa shape index (κ1) is 21.0. The zero-order valence-electron chi connectivity index (χ0n) is 17.4. The number of nitrogens with one attached hydrogen (secondary N) is 2. The summed E-state index contributed by atoms with van der Waals surface area (Å²) in [5.41, 5.74) is 3.25. The molecule has 2 aromatic carbocycles. The molecule has 1 amide bonds. The molecule has 0 radical (unpaired) electrons. The van der Waals surface area contributed by atoms with Crippen molar-refractivity contribution in [2.45, 2.75) is 25.7 Å². The lowest BCUT2D eigenvalue weighted by Gasteiger charge is -2.17. The second-order valence-electron chi connectivity index (χ2n) is 7.23. The van der Waals surface area contributed by atoms with Crippen molar-refractivity contribution in [1.82, 2.24) is 5.32 Å². The van der Waals surface area contributed by atoms with Gasteiger partial charge in [-0.25, -0.2) is 0 Å². The summed E-state index contributed by atoms with van der Waals surface area (Å²) in [6.45, 7) is 3.69. The Morgan fingerprint density at radius 3 is 2.38 bits per heavy atom. The summed E-state index contributed by atoms with van der Waals surface area (Å²) in [7, 11) is 3.27. The first-order valence-corrected chi connectivity index (χ1v) is 10.3. The van der Waals surface area contributed by atoms with Crippen LogP contribution in [0.3, 0.4) is 0 Å². The summed E-state index contributed by atoms with van der Waals surface area (Å²) in [6, 6.07) is 14.1. The Morgan fingerprint density at radius 2 is 1.69 bits per heavy atom. The first-order chi connectivity index (χ1) is 14.2. The molecule has 0 aliphatic carbocycles. The fraction of sp³-hybridized carbons (Fsp3) is 0.435. The van der Waals surface area contributed by atoms with Crippen molar-refractivity contribution in [3.05, 3.63) is 48.0 Å². The molecule has 1 aliphatic heterocycles. The molecule has 6 nitrogen and oxygen atoms in total. The van der Waals surface area contributed by atoms with Crippen LogP contribution in [-0.2, 0) is 11.2 Å². The fourth-order valence-corrected chi connectivity index (χ4v) is 3.55. The number of rotatable bonds is 10. The lowest BCUT2D eigenvalue weighted by atomic mass is 10.1. The van der Waals surface area contributed by atoms with Crippen LogP contribution < -0.4 is 25.0 Å². The maximum Gasteiger partial charge on any atom is 0.225 e. The number of ether oxygens (including phenoxy) is 2. The molecule has 2 N–H and O–H groups in total. The van der Waals surface area contributed by atoms with Gasteiger partial charge in [0.05, 0.1) is 14.2 Å². The molecule has 0 saturated carbocycles.